The monoisotopic (exact) mass is 272 g/mol. The van der Waals surface area contributed by atoms with Gasteiger partial charge in [0.2, 0.25) is 0 Å². The Labute approximate surface area is 116 Å². The predicted octanol–water partition coefficient (Wildman–Crippen LogP) is 1.27. The fourth-order valence-corrected chi connectivity index (χ4v) is 2.61. The maximum absolute atomic E-state index is 12.3. The summed E-state index contributed by atoms with van der Waals surface area (Å²) in [5, 5.41) is 0.530. The third kappa shape index (κ3) is 2.10. The van der Waals surface area contributed by atoms with Crippen LogP contribution in [0.4, 0.5) is 0 Å². The molecule has 5 heteroatoms. The van der Waals surface area contributed by atoms with Gasteiger partial charge in [-0.25, -0.2) is 0 Å². The topological polar surface area (TPSA) is 76.5 Å². The zero-order valence-corrected chi connectivity index (χ0v) is 11.3. The summed E-state index contributed by atoms with van der Waals surface area (Å²) in [4.78, 5) is 26.1. The standard InChI is InChI=1S/C15H16N2O3/c1-9-3-2-4-12-14(9)11(18)7-13(20-12)15(19)17-6-5-10(16)8-17/h2-4,7,10H,5-6,8,16H2,1H3/t10-/m1/s1. The highest BCUT2D eigenvalue weighted by molar-refractivity contribution is 5.93. The summed E-state index contributed by atoms with van der Waals surface area (Å²) in [7, 11) is 0. The largest absolute Gasteiger partial charge is 0.451 e. The van der Waals surface area contributed by atoms with Crippen LogP contribution in [0.3, 0.4) is 0 Å². The molecule has 0 saturated carbocycles. The number of rotatable bonds is 1. The van der Waals surface area contributed by atoms with Gasteiger partial charge in [0.05, 0.1) is 5.39 Å². The smallest absolute Gasteiger partial charge is 0.289 e. The minimum atomic E-state index is -0.265. The van der Waals surface area contributed by atoms with Crippen LogP contribution in [0.5, 0.6) is 0 Å². The number of hydrogen-bond donors (Lipinski definition) is 1. The third-order valence-corrected chi connectivity index (χ3v) is 3.69. The lowest BCUT2D eigenvalue weighted by Gasteiger charge is -2.15. The fourth-order valence-electron chi connectivity index (χ4n) is 2.61. The molecule has 1 aliphatic heterocycles. The SMILES string of the molecule is Cc1cccc2oc(C(=O)N3CC[C@@H](N)C3)cc(=O)c12. The van der Waals surface area contributed by atoms with Gasteiger partial charge < -0.3 is 15.1 Å². The van der Waals surface area contributed by atoms with Crippen molar-refractivity contribution in [3.05, 3.63) is 45.8 Å². The Morgan fingerprint density at radius 3 is 2.95 bits per heavy atom. The molecule has 0 unspecified atom stereocenters. The summed E-state index contributed by atoms with van der Waals surface area (Å²) < 4.78 is 5.60. The minimum absolute atomic E-state index is 0.00775. The summed E-state index contributed by atoms with van der Waals surface area (Å²) in [6.07, 6.45) is 0.780. The van der Waals surface area contributed by atoms with E-state index in [1.54, 1.807) is 17.0 Å². The van der Waals surface area contributed by atoms with Crippen molar-refractivity contribution in [1.82, 2.24) is 4.90 Å². The maximum atomic E-state index is 12.3. The van der Waals surface area contributed by atoms with Crippen LogP contribution in [-0.4, -0.2) is 29.9 Å². The summed E-state index contributed by atoms with van der Waals surface area (Å²) in [5.41, 5.74) is 6.91. The van der Waals surface area contributed by atoms with Crippen LogP contribution < -0.4 is 11.2 Å². The van der Waals surface area contributed by atoms with E-state index in [1.807, 2.05) is 13.0 Å². The second-order valence-electron chi connectivity index (χ2n) is 5.22. The highest BCUT2D eigenvalue weighted by Gasteiger charge is 2.26. The van der Waals surface area contributed by atoms with Crippen LogP contribution in [0.25, 0.3) is 11.0 Å². The Bertz CT molecular complexity index is 735. The van der Waals surface area contributed by atoms with Crippen molar-refractivity contribution >= 4 is 16.9 Å². The highest BCUT2D eigenvalue weighted by Crippen LogP contribution is 2.18. The summed E-state index contributed by atoms with van der Waals surface area (Å²) in [6.45, 7) is 2.96. The molecule has 1 atom stereocenters. The van der Waals surface area contributed by atoms with Gasteiger partial charge >= 0.3 is 0 Å². The molecular formula is C15H16N2O3. The molecule has 104 valence electrons. The average Bonchev–Trinajstić information content (AvgIpc) is 2.84. The van der Waals surface area contributed by atoms with Gasteiger partial charge in [0.1, 0.15) is 5.58 Å². The molecule has 0 radical (unpaired) electrons. The van der Waals surface area contributed by atoms with Crippen molar-refractivity contribution in [3.8, 4) is 0 Å². The Hall–Kier alpha value is -2.14. The van der Waals surface area contributed by atoms with Crippen molar-refractivity contribution in [2.45, 2.75) is 19.4 Å². The van der Waals surface area contributed by atoms with Crippen LogP contribution in [-0.2, 0) is 0 Å². The van der Waals surface area contributed by atoms with Gasteiger partial charge in [0.25, 0.3) is 5.91 Å². The average molecular weight is 272 g/mol. The lowest BCUT2D eigenvalue weighted by atomic mass is 10.1. The van der Waals surface area contributed by atoms with E-state index in [1.165, 1.54) is 6.07 Å². The van der Waals surface area contributed by atoms with Crippen LogP contribution >= 0.6 is 0 Å². The maximum Gasteiger partial charge on any atom is 0.289 e. The summed E-state index contributed by atoms with van der Waals surface area (Å²) in [5.74, 6) is -0.180. The van der Waals surface area contributed by atoms with Crippen molar-refractivity contribution in [2.24, 2.45) is 5.73 Å². The number of aryl methyl sites for hydroxylation is 1. The number of fused-ring (bicyclic) bond motifs is 1. The van der Waals surface area contributed by atoms with E-state index in [4.69, 9.17) is 10.2 Å². The van der Waals surface area contributed by atoms with Gasteiger partial charge in [0, 0.05) is 25.2 Å². The van der Waals surface area contributed by atoms with E-state index in [0.717, 1.165) is 12.0 Å². The first-order valence-corrected chi connectivity index (χ1v) is 6.64. The minimum Gasteiger partial charge on any atom is -0.451 e. The van der Waals surface area contributed by atoms with E-state index in [-0.39, 0.29) is 23.1 Å². The molecule has 2 N–H and O–H groups in total. The van der Waals surface area contributed by atoms with Crippen molar-refractivity contribution in [1.29, 1.82) is 0 Å². The van der Waals surface area contributed by atoms with Crippen LogP contribution in [0.15, 0.2) is 33.5 Å². The molecule has 2 aromatic rings. The van der Waals surface area contributed by atoms with E-state index in [9.17, 15) is 9.59 Å². The Morgan fingerprint density at radius 2 is 2.25 bits per heavy atom. The lowest BCUT2D eigenvalue weighted by Crippen LogP contribution is -2.32. The highest BCUT2D eigenvalue weighted by atomic mass is 16.3. The van der Waals surface area contributed by atoms with Crippen LogP contribution in [0.2, 0.25) is 0 Å². The molecule has 1 amide bonds. The molecule has 1 aliphatic rings. The number of hydrogen-bond acceptors (Lipinski definition) is 4. The van der Waals surface area contributed by atoms with Gasteiger partial charge in [-0.15, -0.1) is 0 Å². The van der Waals surface area contributed by atoms with Crippen LogP contribution in [0, 0.1) is 6.92 Å². The predicted molar refractivity (Wildman–Crippen MR) is 75.7 cm³/mol. The first kappa shape index (κ1) is 12.9. The molecule has 1 fully saturated rings. The first-order valence-electron chi connectivity index (χ1n) is 6.64. The molecule has 0 bridgehead atoms. The zero-order valence-electron chi connectivity index (χ0n) is 11.3. The Morgan fingerprint density at radius 1 is 1.45 bits per heavy atom. The second-order valence-corrected chi connectivity index (χ2v) is 5.22. The van der Waals surface area contributed by atoms with Gasteiger partial charge in [-0.2, -0.15) is 0 Å². The molecule has 3 rings (SSSR count). The normalized spacial score (nSPS) is 18.7. The lowest BCUT2D eigenvalue weighted by molar-refractivity contribution is 0.0760. The molecule has 2 heterocycles. The summed E-state index contributed by atoms with van der Waals surface area (Å²) >= 11 is 0. The molecule has 1 saturated heterocycles. The number of carbonyl (C=O) groups excluding carboxylic acids is 1. The number of nitrogens with zero attached hydrogens (tertiary/aromatic N) is 1. The molecule has 5 nitrogen and oxygen atoms in total. The molecule has 20 heavy (non-hydrogen) atoms. The molecule has 1 aromatic heterocycles. The van der Waals surface area contributed by atoms with Crippen molar-refractivity contribution in [2.75, 3.05) is 13.1 Å². The summed E-state index contributed by atoms with van der Waals surface area (Å²) in [6, 6.07) is 6.65. The number of likely N-dealkylation sites (tertiary alicyclic amines) is 1. The number of carbonyl (C=O) groups is 1. The van der Waals surface area contributed by atoms with E-state index < -0.39 is 0 Å². The molecule has 0 aliphatic carbocycles. The molecule has 0 spiro atoms. The first-order chi connectivity index (χ1) is 9.56. The van der Waals surface area contributed by atoms with Gasteiger partial charge in [-0.1, -0.05) is 12.1 Å². The quantitative estimate of drug-likeness (QED) is 0.848. The fraction of sp³-hybridized carbons (Fsp3) is 0.333. The van der Waals surface area contributed by atoms with E-state index >= 15 is 0 Å². The van der Waals surface area contributed by atoms with Gasteiger partial charge in [0.15, 0.2) is 11.2 Å². The van der Waals surface area contributed by atoms with E-state index in [0.29, 0.717) is 24.1 Å². The Kier molecular flexibility index (Phi) is 3.06. The van der Waals surface area contributed by atoms with Crippen LogP contribution in [0.1, 0.15) is 22.5 Å². The number of benzene rings is 1. The number of amides is 1. The molecule has 1 aromatic carbocycles. The van der Waals surface area contributed by atoms with Gasteiger partial charge in [-0.3, -0.25) is 9.59 Å². The van der Waals surface area contributed by atoms with Gasteiger partial charge in [-0.05, 0) is 25.0 Å². The second kappa shape index (κ2) is 4.76. The number of nitrogens with two attached hydrogens (primary N) is 1. The zero-order chi connectivity index (χ0) is 14.3. The third-order valence-electron chi connectivity index (χ3n) is 3.69. The van der Waals surface area contributed by atoms with Crippen molar-refractivity contribution < 1.29 is 9.21 Å². The Balaban J connectivity index is 2.05. The molecular weight excluding hydrogens is 256 g/mol. The van der Waals surface area contributed by atoms with E-state index in [2.05, 4.69) is 0 Å². The van der Waals surface area contributed by atoms with Crippen molar-refractivity contribution in [3.63, 3.8) is 0 Å².